The van der Waals surface area contributed by atoms with Crippen molar-refractivity contribution in [2.24, 2.45) is 0 Å². The molecule has 1 fully saturated rings. The molecule has 41 heavy (non-hydrogen) atoms. The molecule has 2 aromatic heterocycles. The number of hydrogen-bond donors (Lipinski definition) is 1. The number of methoxy groups -OCH3 is 2. The molecule has 0 unspecified atom stereocenters. The first-order valence-electron chi connectivity index (χ1n) is 12.8. The Hall–Kier alpha value is -4.78. The number of anilines is 3. The number of piperazine rings is 1. The minimum absolute atomic E-state index is 0.122. The van der Waals surface area contributed by atoms with Crippen LogP contribution in [0.3, 0.4) is 0 Å². The van der Waals surface area contributed by atoms with Crippen LogP contribution in [0.2, 0.25) is 0 Å². The minimum Gasteiger partial charge on any atom is -0.494 e. The Labute approximate surface area is 233 Å². The maximum absolute atomic E-state index is 14.9. The molecule has 3 heterocycles. The topological polar surface area (TPSA) is 123 Å². The van der Waals surface area contributed by atoms with Crippen molar-refractivity contribution < 1.29 is 32.4 Å². The van der Waals surface area contributed by atoms with E-state index >= 15 is 0 Å². The summed E-state index contributed by atoms with van der Waals surface area (Å²) >= 11 is 0. The summed E-state index contributed by atoms with van der Waals surface area (Å²) < 4.78 is 45.1. The van der Waals surface area contributed by atoms with Crippen LogP contribution in [0.4, 0.5) is 31.7 Å². The zero-order valence-electron chi connectivity index (χ0n) is 22.6. The third-order valence-electron chi connectivity index (χ3n) is 7.02. The van der Waals surface area contributed by atoms with Gasteiger partial charge in [-0.05, 0) is 30.8 Å². The molecule has 0 aliphatic carbocycles. The fraction of sp³-hybridized carbons (Fsp3) is 0.286. The molecule has 0 spiro atoms. The number of nitro groups is 1. The number of pyridine rings is 1. The molecular formula is C28H27F2N5O6. The molecule has 2 aromatic carbocycles. The zero-order chi connectivity index (χ0) is 29.3. The minimum atomic E-state index is -1.20. The Morgan fingerprint density at radius 1 is 1.05 bits per heavy atom. The van der Waals surface area contributed by atoms with Gasteiger partial charge in [-0.2, -0.15) is 0 Å². The SMILES string of the molecule is CCN1CCN(c2ccc(Nc3ccc4oc(C(=O)c5c(F)c(OC)cc(OC)c5F)cc4n3)c([N+](=O)[O-])c2)CC1. The Morgan fingerprint density at radius 2 is 1.73 bits per heavy atom. The van der Waals surface area contributed by atoms with Gasteiger partial charge in [0.15, 0.2) is 34.5 Å². The van der Waals surface area contributed by atoms with E-state index in [1.165, 1.54) is 38.5 Å². The second-order valence-corrected chi connectivity index (χ2v) is 9.31. The lowest BCUT2D eigenvalue weighted by Crippen LogP contribution is -2.46. The lowest BCUT2D eigenvalue weighted by molar-refractivity contribution is -0.383. The number of likely N-dealkylation sites (N-methyl/N-ethyl adjacent to an activating group) is 1. The van der Waals surface area contributed by atoms with Gasteiger partial charge in [0.25, 0.3) is 5.69 Å². The number of ether oxygens (including phenoxy) is 2. The zero-order valence-corrected chi connectivity index (χ0v) is 22.6. The second-order valence-electron chi connectivity index (χ2n) is 9.31. The Kier molecular flexibility index (Phi) is 7.70. The van der Waals surface area contributed by atoms with Crippen LogP contribution in [0.15, 0.2) is 46.9 Å². The lowest BCUT2D eigenvalue weighted by Gasteiger charge is -2.35. The predicted molar refractivity (Wildman–Crippen MR) is 148 cm³/mol. The first-order valence-corrected chi connectivity index (χ1v) is 12.8. The standard InChI is InChI=1S/C28H27F2N5O6/c1-4-33-9-11-34(12-10-33)16-5-6-17(19(13-16)35(37)38)31-24-8-7-20-18(32-24)14-23(41-20)28(36)25-26(29)21(39-2)15-22(40-3)27(25)30/h5-8,13-15H,4,9-12H2,1-3H3,(H,31,32). The Balaban J connectivity index is 1.42. The van der Waals surface area contributed by atoms with Crippen molar-refractivity contribution in [3.05, 3.63) is 75.5 Å². The molecule has 0 saturated carbocycles. The third kappa shape index (κ3) is 5.35. The van der Waals surface area contributed by atoms with Crippen LogP contribution in [0.1, 0.15) is 23.0 Å². The second kappa shape index (κ2) is 11.4. The summed E-state index contributed by atoms with van der Waals surface area (Å²) in [5.74, 6) is -4.34. The van der Waals surface area contributed by atoms with E-state index in [1.54, 1.807) is 6.07 Å². The van der Waals surface area contributed by atoms with E-state index < -0.39 is 27.9 Å². The van der Waals surface area contributed by atoms with Gasteiger partial charge in [-0.25, -0.2) is 13.8 Å². The van der Waals surface area contributed by atoms with Crippen LogP contribution in [-0.2, 0) is 0 Å². The van der Waals surface area contributed by atoms with Gasteiger partial charge < -0.3 is 29.0 Å². The van der Waals surface area contributed by atoms with Crippen LogP contribution in [0, 0.1) is 21.7 Å². The molecular weight excluding hydrogens is 540 g/mol. The van der Waals surface area contributed by atoms with E-state index in [4.69, 9.17) is 13.9 Å². The number of halogens is 2. The molecule has 0 atom stereocenters. The van der Waals surface area contributed by atoms with E-state index in [2.05, 4.69) is 27.0 Å². The summed E-state index contributed by atoms with van der Waals surface area (Å²) in [5.41, 5.74) is 0.333. The lowest BCUT2D eigenvalue weighted by atomic mass is 10.1. The summed E-state index contributed by atoms with van der Waals surface area (Å²) in [6, 6.07) is 10.2. The van der Waals surface area contributed by atoms with E-state index in [-0.39, 0.29) is 45.6 Å². The van der Waals surface area contributed by atoms with Crippen LogP contribution in [0.25, 0.3) is 11.1 Å². The van der Waals surface area contributed by atoms with Gasteiger partial charge in [0.2, 0.25) is 5.78 Å². The first-order chi connectivity index (χ1) is 19.7. The van der Waals surface area contributed by atoms with E-state index in [9.17, 15) is 23.7 Å². The quantitative estimate of drug-likeness (QED) is 0.165. The normalized spacial score (nSPS) is 13.8. The molecule has 0 amide bonds. The van der Waals surface area contributed by atoms with Crippen molar-refractivity contribution in [2.75, 3.05) is 57.2 Å². The number of ketones is 1. The summed E-state index contributed by atoms with van der Waals surface area (Å²) in [6.45, 7) is 6.38. The number of rotatable bonds is 9. The van der Waals surface area contributed by atoms with Gasteiger partial charge in [0.1, 0.15) is 22.6 Å². The monoisotopic (exact) mass is 567 g/mol. The highest BCUT2D eigenvalue weighted by atomic mass is 19.1. The summed E-state index contributed by atoms with van der Waals surface area (Å²) in [6.07, 6.45) is 0. The third-order valence-corrected chi connectivity index (χ3v) is 7.02. The van der Waals surface area contributed by atoms with Crippen molar-refractivity contribution >= 4 is 39.8 Å². The summed E-state index contributed by atoms with van der Waals surface area (Å²) in [4.78, 5) is 33.3. The van der Waals surface area contributed by atoms with Gasteiger partial charge >= 0.3 is 0 Å². The van der Waals surface area contributed by atoms with E-state index in [0.717, 1.165) is 44.5 Å². The van der Waals surface area contributed by atoms with Crippen LogP contribution >= 0.6 is 0 Å². The molecule has 13 heteroatoms. The molecule has 0 bridgehead atoms. The number of nitro benzene ring substituents is 1. The highest BCUT2D eigenvalue weighted by Gasteiger charge is 2.29. The molecule has 1 saturated heterocycles. The maximum Gasteiger partial charge on any atom is 0.294 e. The number of carbonyl (C=O) groups excluding carboxylic acids is 1. The van der Waals surface area contributed by atoms with Crippen LogP contribution in [-0.4, -0.2) is 67.5 Å². The first kappa shape index (κ1) is 27.8. The van der Waals surface area contributed by atoms with Gasteiger partial charge in [0, 0.05) is 50.1 Å². The fourth-order valence-electron chi connectivity index (χ4n) is 4.75. The van der Waals surface area contributed by atoms with Crippen molar-refractivity contribution in [3.63, 3.8) is 0 Å². The summed E-state index contributed by atoms with van der Waals surface area (Å²) in [7, 11) is 2.35. The van der Waals surface area contributed by atoms with Gasteiger partial charge in [-0.15, -0.1) is 0 Å². The number of nitrogens with zero attached hydrogens (tertiary/aromatic N) is 4. The molecule has 4 aromatic rings. The van der Waals surface area contributed by atoms with Gasteiger partial charge in [0.05, 0.1) is 19.1 Å². The molecule has 11 nitrogen and oxygen atoms in total. The fourth-order valence-corrected chi connectivity index (χ4v) is 4.75. The molecule has 1 aliphatic rings. The highest BCUT2D eigenvalue weighted by Crippen LogP contribution is 2.35. The maximum atomic E-state index is 14.9. The van der Waals surface area contributed by atoms with Crippen molar-refractivity contribution in [2.45, 2.75) is 6.92 Å². The number of hydrogen-bond acceptors (Lipinski definition) is 10. The number of furan rings is 1. The largest absolute Gasteiger partial charge is 0.494 e. The predicted octanol–water partition coefficient (Wildman–Crippen LogP) is 5.15. The van der Waals surface area contributed by atoms with Crippen molar-refractivity contribution in [1.82, 2.24) is 9.88 Å². The van der Waals surface area contributed by atoms with Gasteiger partial charge in [-0.1, -0.05) is 6.92 Å². The Morgan fingerprint density at radius 3 is 2.34 bits per heavy atom. The average Bonchev–Trinajstić information content (AvgIpc) is 3.41. The number of aromatic nitrogens is 1. The molecule has 214 valence electrons. The van der Waals surface area contributed by atoms with E-state index in [0.29, 0.717) is 0 Å². The van der Waals surface area contributed by atoms with E-state index in [1.807, 2.05) is 6.07 Å². The number of fused-ring (bicyclic) bond motifs is 1. The van der Waals surface area contributed by atoms with Crippen molar-refractivity contribution in [3.8, 4) is 11.5 Å². The number of carbonyl (C=O) groups is 1. The van der Waals surface area contributed by atoms with Crippen LogP contribution < -0.4 is 19.7 Å². The molecule has 5 rings (SSSR count). The summed E-state index contributed by atoms with van der Waals surface area (Å²) in [5, 5.41) is 14.9. The smallest absolute Gasteiger partial charge is 0.294 e. The van der Waals surface area contributed by atoms with Crippen molar-refractivity contribution in [1.29, 1.82) is 0 Å². The molecule has 1 N–H and O–H groups in total. The van der Waals surface area contributed by atoms with Crippen LogP contribution in [0.5, 0.6) is 11.5 Å². The number of nitrogens with one attached hydrogen (secondary N) is 1. The highest BCUT2D eigenvalue weighted by molar-refractivity contribution is 6.09. The van der Waals surface area contributed by atoms with Gasteiger partial charge in [-0.3, -0.25) is 14.9 Å². The Bertz CT molecular complexity index is 1610. The average molecular weight is 568 g/mol. The molecule has 0 radical (unpaired) electrons. The molecule has 1 aliphatic heterocycles. The number of benzene rings is 2.